The van der Waals surface area contributed by atoms with Crippen molar-refractivity contribution in [1.29, 1.82) is 0 Å². The molecule has 0 aromatic heterocycles. The van der Waals surface area contributed by atoms with Gasteiger partial charge in [-0.2, -0.15) is 0 Å². The van der Waals surface area contributed by atoms with Crippen molar-refractivity contribution in [1.82, 2.24) is 0 Å². The van der Waals surface area contributed by atoms with E-state index in [0.29, 0.717) is 12.0 Å². The second-order valence-electron chi connectivity index (χ2n) is 3.11. The number of sulfone groups is 1. The smallest absolute Gasteiger partial charge is 0.231 e. The van der Waals surface area contributed by atoms with E-state index in [1.807, 2.05) is 0 Å². The summed E-state index contributed by atoms with van der Waals surface area (Å²) in [5.74, 6) is 0.475. The lowest BCUT2D eigenvalue weighted by molar-refractivity contribution is 0.111. The number of hydrogen-bond donors (Lipinski definition) is 0. The first-order chi connectivity index (χ1) is 7.04. The van der Waals surface area contributed by atoms with E-state index in [4.69, 9.17) is 9.47 Å². The summed E-state index contributed by atoms with van der Waals surface area (Å²) in [7, 11) is -3.51. The third-order valence-corrected chi connectivity index (χ3v) is 3.18. The van der Waals surface area contributed by atoms with Crippen LogP contribution in [0.25, 0.3) is 0 Å². The second kappa shape index (κ2) is 3.23. The first-order valence-electron chi connectivity index (χ1n) is 4.12. The Morgan fingerprint density at radius 3 is 2.67 bits per heavy atom. The van der Waals surface area contributed by atoms with Crippen molar-refractivity contribution in [3.63, 3.8) is 0 Å². The van der Waals surface area contributed by atoms with E-state index in [-0.39, 0.29) is 23.0 Å². The summed E-state index contributed by atoms with van der Waals surface area (Å²) in [6, 6.07) is 2.91. The molecule has 0 unspecified atom stereocenters. The van der Waals surface area contributed by atoms with E-state index in [1.54, 1.807) is 0 Å². The highest BCUT2D eigenvalue weighted by Crippen LogP contribution is 2.39. The summed E-state index contributed by atoms with van der Waals surface area (Å²) in [6.45, 7) is -0.0276. The van der Waals surface area contributed by atoms with Gasteiger partial charge in [0.2, 0.25) is 6.79 Å². The fourth-order valence-corrected chi connectivity index (χ4v) is 2.48. The van der Waals surface area contributed by atoms with E-state index in [9.17, 15) is 13.2 Å². The molecule has 0 fully saturated rings. The van der Waals surface area contributed by atoms with Gasteiger partial charge in [0.15, 0.2) is 27.6 Å². The van der Waals surface area contributed by atoms with Crippen molar-refractivity contribution >= 4 is 16.1 Å². The lowest BCUT2D eigenvalue weighted by Gasteiger charge is -2.05. The van der Waals surface area contributed by atoms with Gasteiger partial charge in [-0.15, -0.1) is 0 Å². The molecule has 2 rings (SSSR count). The standard InChI is InChI=1S/C9H8O5S/c1-15(11,12)9-6(4-10)2-3-7-8(9)14-5-13-7/h2-4H,5H2,1H3. The Bertz CT molecular complexity index is 518. The number of fused-ring (bicyclic) bond motifs is 1. The van der Waals surface area contributed by atoms with Crippen molar-refractivity contribution in [3.8, 4) is 11.5 Å². The van der Waals surface area contributed by atoms with Crippen LogP contribution < -0.4 is 9.47 Å². The van der Waals surface area contributed by atoms with Gasteiger partial charge in [-0.1, -0.05) is 0 Å². The highest BCUT2D eigenvalue weighted by atomic mass is 32.2. The number of benzene rings is 1. The Morgan fingerprint density at radius 2 is 2.07 bits per heavy atom. The highest BCUT2D eigenvalue weighted by Gasteiger charge is 2.26. The molecule has 0 atom stereocenters. The zero-order valence-electron chi connectivity index (χ0n) is 7.89. The minimum atomic E-state index is -3.51. The average molecular weight is 228 g/mol. The zero-order chi connectivity index (χ0) is 11.1. The van der Waals surface area contributed by atoms with E-state index in [1.165, 1.54) is 12.1 Å². The second-order valence-corrected chi connectivity index (χ2v) is 5.06. The SMILES string of the molecule is CS(=O)(=O)c1c(C=O)ccc2c1OCO2. The third-order valence-electron chi connectivity index (χ3n) is 2.02. The normalized spacial score (nSPS) is 13.9. The summed E-state index contributed by atoms with van der Waals surface area (Å²) in [5, 5.41) is 0. The van der Waals surface area contributed by atoms with Crippen LogP contribution in [0.3, 0.4) is 0 Å². The Balaban J connectivity index is 2.79. The zero-order valence-corrected chi connectivity index (χ0v) is 8.71. The van der Waals surface area contributed by atoms with Crippen LogP contribution in [0.5, 0.6) is 11.5 Å². The molecule has 0 radical (unpaired) electrons. The molecule has 0 spiro atoms. The summed E-state index contributed by atoms with van der Waals surface area (Å²) >= 11 is 0. The van der Waals surface area contributed by atoms with Gasteiger partial charge < -0.3 is 9.47 Å². The Labute approximate surface area is 86.5 Å². The van der Waals surface area contributed by atoms with E-state index in [0.717, 1.165) is 6.26 Å². The highest BCUT2D eigenvalue weighted by molar-refractivity contribution is 7.90. The molecule has 0 N–H and O–H groups in total. The van der Waals surface area contributed by atoms with Gasteiger partial charge in [0, 0.05) is 11.8 Å². The van der Waals surface area contributed by atoms with Crippen molar-refractivity contribution in [2.75, 3.05) is 13.0 Å². The maximum atomic E-state index is 11.5. The summed E-state index contributed by atoms with van der Waals surface area (Å²) in [6.07, 6.45) is 1.51. The van der Waals surface area contributed by atoms with E-state index >= 15 is 0 Å². The molecule has 80 valence electrons. The van der Waals surface area contributed by atoms with Gasteiger partial charge in [-0.05, 0) is 12.1 Å². The number of carbonyl (C=O) groups excluding carboxylic acids is 1. The van der Waals surface area contributed by atoms with Crippen LogP contribution in [-0.2, 0) is 9.84 Å². The summed E-state index contributed by atoms with van der Waals surface area (Å²) in [5.41, 5.74) is 0.0850. The number of carbonyl (C=O) groups is 1. The van der Waals surface area contributed by atoms with Gasteiger partial charge in [-0.3, -0.25) is 4.79 Å². The molecular weight excluding hydrogens is 220 g/mol. The molecule has 0 bridgehead atoms. The van der Waals surface area contributed by atoms with Crippen molar-refractivity contribution in [2.45, 2.75) is 4.90 Å². The van der Waals surface area contributed by atoms with E-state index < -0.39 is 9.84 Å². The fourth-order valence-electron chi connectivity index (χ4n) is 1.44. The van der Waals surface area contributed by atoms with Crippen LogP contribution in [0.1, 0.15) is 10.4 Å². The van der Waals surface area contributed by atoms with Crippen molar-refractivity contribution in [3.05, 3.63) is 17.7 Å². The molecule has 0 saturated heterocycles. The molecule has 0 amide bonds. The first kappa shape index (κ1) is 9.97. The van der Waals surface area contributed by atoms with Gasteiger partial charge in [0.1, 0.15) is 4.90 Å². The third kappa shape index (κ3) is 1.56. The molecule has 6 heteroatoms. The van der Waals surface area contributed by atoms with Gasteiger partial charge in [0.05, 0.1) is 0 Å². The average Bonchev–Trinajstić information content (AvgIpc) is 2.61. The molecule has 15 heavy (non-hydrogen) atoms. The lowest BCUT2D eigenvalue weighted by Crippen LogP contribution is -2.04. The number of hydrogen-bond acceptors (Lipinski definition) is 5. The van der Waals surface area contributed by atoms with Crippen LogP contribution in [0.4, 0.5) is 0 Å². The molecule has 1 aromatic rings. The minimum absolute atomic E-state index is 0.0276. The Morgan fingerprint density at radius 1 is 1.33 bits per heavy atom. The van der Waals surface area contributed by atoms with Crippen LogP contribution in [0.15, 0.2) is 17.0 Å². The first-order valence-corrected chi connectivity index (χ1v) is 6.01. The molecule has 1 heterocycles. The molecule has 1 aliphatic rings. The number of aldehydes is 1. The molecule has 1 aromatic carbocycles. The predicted octanol–water partition coefficient (Wildman–Crippen LogP) is 0.631. The summed E-state index contributed by atoms with van der Waals surface area (Å²) in [4.78, 5) is 10.6. The van der Waals surface area contributed by atoms with Crippen LogP contribution >= 0.6 is 0 Å². The van der Waals surface area contributed by atoms with Crippen molar-refractivity contribution < 1.29 is 22.7 Å². The fraction of sp³-hybridized carbons (Fsp3) is 0.222. The predicted molar refractivity (Wildman–Crippen MR) is 51.1 cm³/mol. The molecule has 0 saturated carbocycles. The van der Waals surface area contributed by atoms with Gasteiger partial charge in [0.25, 0.3) is 0 Å². The van der Waals surface area contributed by atoms with Crippen LogP contribution in [0, 0.1) is 0 Å². The number of rotatable bonds is 2. The van der Waals surface area contributed by atoms with E-state index in [2.05, 4.69) is 0 Å². The molecule has 0 aliphatic carbocycles. The lowest BCUT2D eigenvalue weighted by atomic mass is 10.2. The van der Waals surface area contributed by atoms with Crippen LogP contribution in [-0.4, -0.2) is 27.8 Å². The van der Waals surface area contributed by atoms with Crippen LogP contribution in [0.2, 0.25) is 0 Å². The monoisotopic (exact) mass is 228 g/mol. The molecular formula is C9H8O5S. The van der Waals surface area contributed by atoms with Gasteiger partial charge in [-0.25, -0.2) is 8.42 Å². The maximum absolute atomic E-state index is 11.5. The maximum Gasteiger partial charge on any atom is 0.231 e. The minimum Gasteiger partial charge on any atom is -0.454 e. The quantitative estimate of drug-likeness (QED) is 0.694. The molecule has 5 nitrogen and oxygen atoms in total. The summed E-state index contributed by atoms with van der Waals surface area (Å²) < 4.78 is 33.0. The molecule has 1 aliphatic heterocycles. The van der Waals surface area contributed by atoms with Crippen molar-refractivity contribution in [2.24, 2.45) is 0 Å². The Hall–Kier alpha value is -1.56. The van der Waals surface area contributed by atoms with Gasteiger partial charge >= 0.3 is 0 Å². The largest absolute Gasteiger partial charge is 0.454 e. The number of ether oxygens (including phenoxy) is 2. The topological polar surface area (TPSA) is 69.7 Å². The Kier molecular flexibility index (Phi) is 2.15.